The van der Waals surface area contributed by atoms with Gasteiger partial charge in [0.2, 0.25) is 0 Å². The van der Waals surface area contributed by atoms with Gasteiger partial charge < -0.3 is 10.4 Å². The van der Waals surface area contributed by atoms with Gasteiger partial charge in [0, 0.05) is 12.7 Å². The van der Waals surface area contributed by atoms with Gasteiger partial charge in [0.25, 0.3) is 0 Å². The van der Waals surface area contributed by atoms with Crippen LogP contribution in [0.5, 0.6) is 0 Å². The Labute approximate surface area is 85.5 Å². The van der Waals surface area contributed by atoms with E-state index in [2.05, 4.69) is 31.2 Å². The van der Waals surface area contributed by atoms with E-state index >= 15 is 0 Å². The molecule has 13 heavy (non-hydrogen) atoms. The molecule has 0 unspecified atom stereocenters. The number of hydrogen-bond donors (Lipinski definition) is 2. The van der Waals surface area contributed by atoms with Crippen molar-refractivity contribution in [3.05, 3.63) is 17.0 Å². The quantitative estimate of drug-likeness (QED) is 0.843. The van der Waals surface area contributed by atoms with Crippen molar-refractivity contribution in [2.45, 2.75) is 19.4 Å². The lowest BCUT2D eigenvalue weighted by Crippen LogP contribution is -2.18. The number of hydrogen-bond acceptors (Lipinski definition) is 4. The summed E-state index contributed by atoms with van der Waals surface area (Å²) in [5.41, 5.74) is 0. The number of anilines is 1. The summed E-state index contributed by atoms with van der Waals surface area (Å²) in [6.45, 7) is 2.44. The van der Waals surface area contributed by atoms with Crippen LogP contribution in [0.2, 0.25) is 0 Å². The molecule has 0 spiro atoms. The summed E-state index contributed by atoms with van der Waals surface area (Å²) in [4.78, 5) is 7.84. The molecular weight excluding hydrogens is 234 g/mol. The molecule has 1 atom stereocenters. The fraction of sp³-hybridized carbons (Fsp3) is 0.500. The van der Waals surface area contributed by atoms with Gasteiger partial charge >= 0.3 is 0 Å². The molecular formula is C8H12BrN3O. The standard InChI is InChI=1S/C8H12BrN3O/c1-2-6(13)3-11-8-7(9)4-10-5-12-8/h4-6,13H,2-3H2,1H3,(H,10,11,12)/t6-/m0/s1. The summed E-state index contributed by atoms with van der Waals surface area (Å²) < 4.78 is 0.804. The van der Waals surface area contributed by atoms with Crippen molar-refractivity contribution >= 4 is 21.7 Å². The molecule has 0 aliphatic carbocycles. The van der Waals surface area contributed by atoms with Crippen molar-refractivity contribution in [2.24, 2.45) is 0 Å². The fourth-order valence-electron chi connectivity index (χ4n) is 0.802. The Bertz CT molecular complexity index is 269. The third kappa shape index (κ3) is 3.28. The van der Waals surface area contributed by atoms with Crippen molar-refractivity contribution in [1.29, 1.82) is 0 Å². The lowest BCUT2D eigenvalue weighted by Gasteiger charge is -2.10. The van der Waals surface area contributed by atoms with Crippen LogP contribution in [-0.2, 0) is 0 Å². The third-order valence-electron chi connectivity index (χ3n) is 1.64. The molecule has 5 heteroatoms. The predicted molar refractivity (Wildman–Crippen MR) is 54.5 cm³/mol. The van der Waals surface area contributed by atoms with Gasteiger partial charge in [-0.3, -0.25) is 0 Å². The van der Waals surface area contributed by atoms with E-state index < -0.39 is 0 Å². The van der Waals surface area contributed by atoms with Crippen LogP contribution in [0.3, 0.4) is 0 Å². The van der Waals surface area contributed by atoms with Crippen LogP contribution >= 0.6 is 15.9 Å². The summed E-state index contributed by atoms with van der Waals surface area (Å²) in [5, 5.41) is 12.3. The van der Waals surface area contributed by atoms with Crippen molar-refractivity contribution in [1.82, 2.24) is 9.97 Å². The van der Waals surface area contributed by atoms with E-state index in [1.165, 1.54) is 6.33 Å². The molecule has 1 rings (SSSR count). The van der Waals surface area contributed by atoms with Crippen molar-refractivity contribution in [3.8, 4) is 0 Å². The summed E-state index contributed by atoms with van der Waals surface area (Å²) >= 11 is 3.30. The summed E-state index contributed by atoms with van der Waals surface area (Å²) in [6.07, 6.45) is 3.52. The molecule has 0 aliphatic rings. The number of aliphatic hydroxyl groups excluding tert-OH is 1. The summed E-state index contributed by atoms with van der Waals surface area (Å²) in [7, 11) is 0. The Morgan fingerprint density at radius 2 is 2.46 bits per heavy atom. The second-order valence-electron chi connectivity index (χ2n) is 2.66. The molecule has 0 fully saturated rings. The number of nitrogens with one attached hydrogen (secondary N) is 1. The molecule has 0 saturated carbocycles. The minimum Gasteiger partial charge on any atom is -0.391 e. The highest BCUT2D eigenvalue weighted by Gasteiger charge is 2.03. The topological polar surface area (TPSA) is 58.0 Å². The Kier molecular flexibility index (Phi) is 4.11. The zero-order chi connectivity index (χ0) is 9.68. The first-order valence-electron chi connectivity index (χ1n) is 4.11. The molecule has 1 aromatic heterocycles. The Balaban J connectivity index is 2.50. The van der Waals surface area contributed by atoms with Crippen LogP contribution in [0.1, 0.15) is 13.3 Å². The SMILES string of the molecule is CC[C@H](O)CNc1ncncc1Br. The smallest absolute Gasteiger partial charge is 0.143 e. The van der Waals surface area contributed by atoms with Crippen LogP contribution in [-0.4, -0.2) is 27.7 Å². The highest BCUT2D eigenvalue weighted by molar-refractivity contribution is 9.10. The minimum atomic E-state index is -0.332. The molecule has 0 radical (unpaired) electrons. The molecule has 0 saturated heterocycles. The molecule has 72 valence electrons. The predicted octanol–water partition coefficient (Wildman–Crippen LogP) is 1.42. The second-order valence-corrected chi connectivity index (χ2v) is 3.52. The normalized spacial score (nSPS) is 12.5. The van der Waals surface area contributed by atoms with Gasteiger partial charge in [-0.2, -0.15) is 0 Å². The Morgan fingerprint density at radius 1 is 1.69 bits per heavy atom. The third-order valence-corrected chi connectivity index (χ3v) is 2.22. The van der Waals surface area contributed by atoms with Crippen molar-refractivity contribution in [2.75, 3.05) is 11.9 Å². The van der Waals surface area contributed by atoms with Gasteiger partial charge in [0.05, 0.1) is 10.6 Å². The highest BCUT2D eigenvalue weighted by Crippen LogP contribution is 2.16. The number of aromatic nitrogens is 2. The Morgan fingerprint density at radius 3 is 3.08 bits per heavy atom. The van der Waals surface area contributed by atoms with Gasteiger partial charge in [0.15, 0.2) is 0 Å². The van der Waals surface area contributed by atoms with Gasteiger partial charge in [-0.15, -0.1) is 0 Å². The van der Waals surface area contributed by atoms with Crippen LogP contribution in [0, 0.1) is 0 Å². The van der Waals surface area contributed by atoms with Gasteiger partial charge in [-0.05, 0) is 22.4 Å². The largest absolute Gasteiger partial charge is 0.391 e. The van der Waals surface area contributed by atoms with E-state index in [9.17, 15) is 5.11 Å². The maximum absolute atomic E-state index is 9.29. The van der Waals surface area contributed by atoms with E-state index in [0.717, 1.165) is 10.9 Å². The van der Waals surface area contributed by atoms with E-state index in [1.54, 1.807) is 6.20 Å². The van der Waals surface area contributed by atoms with Gasteiger partial charge in [-0.25, -0.2) is 9.97 Å². The maximum Gasteiger partial charge on any atom is 0.143 e. The van der Waals surface area contributed by atoms with E-state index in [-0.39, 0.29) is 6.10 Å². The maximum atomic E-state index is 9.29. The molecule has 0 bridgehead atoms. The first-order valence-corrected chi connectivity index (χ1v) is 4.90. The fourth-order valence-corrected chi connectivity index (χ4v) is 1.16. The number of halogens is 1. The monoisotopic (exact) mass is 245 g/mol. The number of rotatable bonds is 4. The minimum absolute atomic E-state index is 0.332. The van der Waals surface area contributed by atoms with E-state index in [0.29, 0.717) is 12.4 Å². The first kappa shape index (κ1) is 10.4. The molecule has 0 aliphatic heterocycles. The summed E-state index contributed by atoms with van der Waals surface area (Å²) in [6, 6.07) is 0. The Hall–Kier alpha value is -0.680. The highest BCUT2D eigenvalue weighted by atomic mass is 79.9. The van der Waals surface area contributed by atoms with Crippen molar-refractivity contribution < 1.29 is 5.11 Å². The number of nitrogens with zero attached hydrogens (tertiary/aromatic N) is 2. The van der Waals surface area contributed by atoms with Gasteiger partial charge in [-0.1, -0.05) is 6.92 Å². The van der Waals surface area contributed by atoms with E-state index in [1.807, 2.05) is 6.92 Å². The zero-order valence-electron chi connectivity index (χ0n) is 7.37. The van der Waals surface area contributed by atoms with Crippen LogP contribution in [0.25, 0.3) is 0 Å². The lowest BCUT2D eigenvalue weighted by atomic mass is 10.3. The lowest BCUT2D eigenvalue weighted by molar-refractivity contribution is 0.183. The second kappa shape index (κ2) is 5.14. The molecule has 4 nitrogen and oxygen atoms in total. The van der Waals surface area contributed by atoms with Crippen molar-refractivity contribution in [3.63, 3.8) is 0 Å². The summed E-state index contributed by atoms with van der Waals surface area (Å²) in [5.74, 6) is 0.711. The average molecular weight is 246 g/mol. The van der Waals surface area contributed by atoms with Crippen LogP contribution in [0.15, 0.2) is 17.0 Å². The molecule has 1 aromatic rings. The number of aliphatic hydroxyl groups is 1. The first-order chi connectivity index (χ1) is 6.24. The average Bonchev–Trinajstić information content (AvgIpc) is 2.16. The van der Waals surface area contributed by atoms with Crippen LogP contribution < -0.4 is 5.32 Å². The van der Waals surface area contributed by atoms with Gasteiger partial charge in [0.1, 0.15) is 12.1 Å². The zero-order valence-corrected chi connectivity index (χ0v) is 8.95. The molecule has 1 heterocycles. The van der Waals surface area contributed by atoms with Crippen LogP contribution in [0.4, 0.5) is 5.82 Å². The van der Waals surface area contributed by atoms with E-state index in [4.69, 9.17) is 0 Å². The molecule has 0 aromatic carbocycles. The molecule has 2 N–H and O–H groups in total. The molecule has 0 amide bonds.